The molecule has 2 N–H and O–H groups in total. The lowest BCUT2D eigenvalue weighted by molar-refractivity contribution is 0.0709. The molecule has 128 valence electrons. The molecule has 1 aromatic rings. The smallest absolute Gasteiger partial charge is 0.253 e. The molecule has 1 fully saturated rings. The minimum atomic E-state index is -3.62. The summed E-state index contributed by atoms with van der Waals surface area (Å²) >= 11 is 0. The average Bonchev–Trinajstić information content (AvgIpc) is 2.52. The third-order valence-corrected chi connectivity index (χ3v) is 4.89. The van der Waals surface area contributed by atoms with Crippen LogP contribution in [0.2, 0.25) is 0 Å². The Balaban J connectivity index is 0.00000264. The first kappa shape index (κ1) is 19.6. The molecule has 1 amide bonds. The van der Waals surface area contributed by atoms with Gasteiger partial charge in [0.15, 0.2) is 0 Å². The first-order valence-electron chi connectivity index (χ1n) is 7.17. The maximum atomic E-state index is 12.5. The molecule has 1 aliphatic heterocycles. The van der Waals surface area contributed by atoms with E-state index in [-0.39, 0.29) is 35.8 Å². The quantitative estimate of drug-likeness (QED) is 0.769. The van der Waals surface area contributed by atoms with Gasteiger partial charge in [0, 0.05) is 37.8 Å². The molecule has 0 saturated carbocycles. The van der Waals surface area contributed by atoms with Crippen molar-refractivity contribution < 1.29 is 13.2 Å². The molecule has 1 saturated heterocycles. The summed E-state index contributed by atoms with van der Waals surface area (Å²) in [4.78, 5) is 14.3. The molecule has 6 nitrogen and oxygen atoms in total. The van der Waals surface area contributed by atoms with Crippen molar-refractivity contribution in [1.29, 1.82) is 0 Å². The Morgan fingerprint density at radius 3 is 2.91 bits per heavy atom. The van der Waals surface area contributed by atoms with Gasteiger partial charge >= 0.3 is 0 Å². The normalized spacial score (nSPS) is 18.1. The average molecular weight is 360 g/mol. The van der Waals surface area contributed by atoms with Gasteiger partial charge in [-0.15, -0.1) is 19.0 Å². The molecule has 1 atom stereocenters. The van der Waals surface area contributed by atoms with E-state index in [4.69, 9.17) is 0 Å². The fourth-order valence-corrected chi connectivity index (χ4v) is 3.39. The maximum Gasteiger partial charge on any atom is 0.253 e. The zero-order chi connectivity index (χ0) is 16.2. The van der Waals surface area contributed by atoms with E-state index in [0.717, 1.165) is 6.54 Å². The molecule has 1 aliphatic rings. The Bertz CT molecular complexity index is 664. The number of benzene rings is 1. The molecule has 1 unspecified atom stereocenters. The second-order valence-corrected chi connectivity index (χ2v) is 7.04. The summed E-state index contributed by atoms with van der Waals surface area (Å²) in [5, 5.41) is 3.27. The SMILES string of the molecule is C=CCNS(=O)(=O)c1cccc(C(=O)N2CCNC(C)C2)c1.Cl. The van der Waals surface area contributed by atoms with E-state index >= 15 is 0 Å². The van der Waals surface area contributed by atoms with Gasteiger partial charge in [-0.3, -0.25) is 4.79 Å². The summed E-state index contributed by atoms with van der Waals surface area (Å²) < 4.78 is 26.6. The lowest BCUT2D eigenvalue weighted by Gasteiger charge is -2.32. The fraction of sp³-hybridized carbons (Fsp3) is 0.400. The predicted octanol–water partition coefficient (Wildman–Crippen LogP) is 1.01. The summed E-state index contributed by atoms with van der Waals surface area (Å²) in [6, 6.07) is 6.35. The molecule has 0 aliphatic carbocycles. The van der Waals surface area contributed by atoms with E-state index < -0.39 is 10.0 Å². The van der Waals surface area contributed by atoms with Crippen LogP contribution in [0.1, 0.15) is 17.3 Å². The van der Waals surface area contributed by atoms with Gasteiger partial charge in [-0.05, 0) is 25.1 Å². The molecule has 2 rings (SSSR count). The highest BCUT2D eigenvalue weighted by molar-refractivity contribution is 7.89. The van der Waals surface area contributed by atoms with Crippen LogP contribution in [0.5, 0.6) is 0 Å². The summed E-state index contributed by atoms with van der Waals surface area (Å²) in [5.74, 6) is -0.144. The predicted molar refractivity (Wildman–Crippen MR) is 92.4 cm³/mol. The molecule has 0 radical (unpaired) electrons. The second kappa shape index (κ2) is 8.44. The van der Waals surface area contributed by atoms with Crippen molar-refractivity contribution in [2.45, 2.75) is 17.9 Å². The van der Waals surface area contributed by atoms with E-state index in [1.165, 1.54) is 18.2 Å². The highest BCUT2D eigenvalue weighted by atomic mass is 35.5. The molecule has 1 aromatic carbocycles. The molecule has 0 bridgehead atoms. The van der Waals surface area contributed by atoms with E-state index in [2.05, 4.69) is 16.6 Å². The van der Waals surface area contributed by atoms with Gasteiger partial charge in [0.05, 0.1) is 4.90 Å². The van der Waals surface area contributed by atoms with Crippen LogP contribution in [0, 0.1) is 0 Å². The van der Waals surface area contributed by atoms with Gasteiger partial charge in [-0.2, -0.15) is 0 Å². The fourth-order valence-electron chi connectivity index (χ4n) is 2.35. The van der Waals surface area contributed by atoms with Crippen LogP contribution in [0.15, 0.2) is 41.8 Å². The Labute approximate surface area is 143 Å². The Hall–Kier alpha value is -1.41. The van der Waals surface area contributed by atoms with E-state index in [1.54, 1.807) is 17.0 Å². The van der Waals surface area contributed by atoms with Gasteiger partial charge < -0.3 is 10.2 Å². The van der Waals surface area contributed by atoms with Crippen molar-refractivity contribution in [3.05, 3.63) is 42.5 Å². The van der Waals surface area contributed by atoms with Gasteiger partial charge in [0.25, 0.3) is 5.91 Å². The number of piperazine rings is 1. The summed E-state index contributed by atoms with van der Waals surface area (Å²) in [6.07, 6.45) is 1.47. The van der Waals surface area contributed by atoms with Crippen LogP contribution in [0.25, 0.3) is 0 Å². The highest BCUT2D eigenvalue weighted by Gasteiger charge is 2.23. The number of carbonyl (C=O) groups excluding carboxylic acids is 1. The number of carbonyl (C=O) groups is 1. The van der Waals surface area contributed by atoms with Crippen molar-refractivity contribution in [2.24, 2.45) is 0 Å². The largest absolute Gasteiger partial charge is 0.336 e. The number of amides is 1. The van der Waals surface area contributed by atoms with Crippen LogP contribution >= 0.6 is 12.4 Å². The number of nitrogens with one attached hydrogen (secondary N) is 2. The van der Waals surface area contributed by atoms with Crippen molar-refractivity contribution >= 4 is 28.3 Å². The minimum absolute atomic E-state index is 0. The number of hydrogen-bond acceptors (Lipinski definition) is 4. The van der Waals surface area contributed by atoms with E-state index in [1.807, 2.05) is 6.92 Å². The van der Waals surface area contributed by atoms with Crippen LogP contribution in [0.3, 0.4) is 0 Å². The maximum absolute atomic E-state index is 12.5. The van der Waals surface area contributed by atoms with Crippen molar-refractivity contribution in [2.75, 3.05) is 26.2 Å². The summed E-state index contributed by atoms with van der Waals surface area (Å²) in [6.45, 7) is 7.62. The van der Waals surface area contributed by atoms with E-state index in [9.17, 15) is 13.2 Å². The van der Waals surface area contributed by atoms with Crippen LogP contribution in [-0.4, -0.2) is 51.4 Å². The topological polar surface area (TPSA) is 78.5 Å². The molecular formula is C15H22ClN3O3S. The number of hydrogen-bond donors (Lipinski definition) is 2. The lowest BCUT2D eigenvalue weighted by atomic mass is 10.1. The zero-order valence-electron chi connectivity index (χ0n) is 13.0. The molecule has 0 spiro atoms. The molecular weight excluding hydrogens is 338 g/mol. The molecule has 8 heteroatoms. The Morgan fingerprint density at radius 1 is 1.52 bits per heavy atom. The Morgan fingerprint density at radius 2 is 2.26 bits per heavy atom. The number of rotatable bonds is 5. The number of halogens is 1. The zero-order valence-corrected chi connectivity index (χ0v) is 14.6. The van der Waals surface area contributed by atoms with Crippen LogP contribution in [-0.2, 0) is 10.0 Å². The monoisotopic (exact) mass is 359 g/mol. The van der Waals surface area contributed by atoms with Crippen LogP contribution < -0.4 is 10.0 Å². The van der Waals surface area contributed by atoms with Crippen LogP contribution in [0.4, 0.5) is 0 Å². The number of nitrogens with zero attached hydrogens (tertiary/aromatic N) is 1. The number of sulfonamides is 1. The van der Waals surface area contributed by atoms with Gasteiger partial charge in [-0.25, -0.2) is 13.1 Å². The first-order chi connectivity index (χ1) is 10.4. The van der Waals surface area contributed by atoms with Gasteiger partial charge in [0.2, 0.25) is 10.0 Å². The summed E-state index contributed by atoms with van der Waals surface area (Å²) in [7, 11) is -3.62. The van der Waals surface area contributed by atoms with Gasteiger partial charge in [-0.1, -0.05) is 12.1 Å². The second-order valence-electron chi connectivity index (χ2n) is 5.27. The molecule has 0 aromatic heterocycles. The minimum Gasteiger partial charge on any atom is -0.336 e. The third kappa shape index (κ3) is 5.04. The summed E-state index contributed by atoms with van der Waals surface area (Å²) in [5.41, 5.74) is 0.385. The van der Waals surface area contributed by atoms with E-state index in [0.29, 0.717) is 18.7 Å². The third-order valence-electron chi connectivity index (χ3n) is 3.46. The first-order valence-corrected chi connectivity index (χ1v) is 8.65. The highest BCUT2D eigenvalue weighted by Crippen LogP contribution is 2.14. The van der Waals surface area contributed by atoms with Gasteiger partial charge in [0.1, 0.15) is 0 Å². The standard InChI is InChI=1S/C15H21N3O3S.ClH/c1-3-7-17-22(20,21)14-6-4-5-13(10-14)15(19)18-9-8-16-12(2)11-18;/h3-6,10,12,16-17H,1,7-9,11H2,2H3;1H. The van der Waals surface area contributed by atoms with Crippen molar-refractivity contribution in [3.63, 3.8) is 0 Å². The Kier molecular flexibility index (Phi) is 7.21. The lowest BCUT2D eigenvalue weighted by Crippen LogP contribution is -2.51. The van der Waals surface area contributed by atoms with Crippen molar-refractivity contribution in [3.8, 4) is 0 Å². The molecule has 1 heterocycles. The van der Waals surface area contributed by atoms with Crippen molar-refractivity contribution in [1.82, 2.24) is 14.9 Å². The molecule has 23 heavy (non-hydrogen) atoms.